The molecule has 0 aliphatic heterocycles. The van der Waals surface area contributed by atoms with E-state index in [1.807, 2.05) is 0 Å². The average Bonchev–Trinajstić information content (AvgIpc) is 2.18. The number of unbranched alkanes of at least 4 members (excludes halogenated alkanes) is 3. The van der Waals surface area contributed by atoms with Crippen LogP contribution in [0.25, 0.3) is 0 Å². The van der Waals surface area contributed by atoms with E-state index in [1.165, 1.54) is 38.5 Å². The Bertz CT molecular complexity index is 26.3. The fourth-order valence-electron chi connectivity index (χ4n) is 0. The Kier molecular flexibility index (Phi) is 146. The lowest BCUT2D eigenvalue weighted by Crippen LogP contribution is -1.47. The number of hydrogen-bond acceptors (Lipinski definition) is 0. The topological polar surface area (TPSA) is 0 Å². The van der Waals surface area contributed by atoms with Crippen molar-refractivity contribution in [2.45, 2.75) is 80.1 Å². The minimum Gasteiger partial charge on any atom is -0.147 e. The summed E-state index contributed by atoms with van der Waals surface area (Å²) in [6.07, 6.45) is 7.92. The Hall–Kier alpha value is 0.870. The molecule has 0 saturated heterocycles. The summed E-state index contributed by atoms with van der Waals surface area (Å²) in [5.41, 5.74) is 0. The normalized spacial score (nSPS) is 6.00. The maximum absolute atomic E-state index is 2.18. The first-order valence-electron chi connectivity index (χ1n) is 5.74. The highest BCUT2D eigenvalue weighted by molar-refractivity contribution is 5.86. The van der Waals surface area contributed by atoms with Crippen LogP contribution >= 0.6 is 37.2 Å². The fourth-order valence-corrected chi connectivity index (χ4v) is 0. The third-order valence-electron chi connectivity index (χ3n) is 1.50. The fraction of sp³-hybridized carbons (Fsp3) is 1.00. The largest absolute Gasteiger partial charge is 0.147 e. The highest BCUT2D eigenvalue weighted by Crippen LogP contribution is 1.77. The Balaban J connectivity index is -0.0000000184. The molecule has 0 atom stereocenters. The second kappa shape index (κ2) is 60.6. The molecular formula is C12H33Cl3. The molecule has 3 heteroatoms. The van der Waals surface area contributed by atoms with Gasteiger partial charge in [-0.3, -0.25) is 0 Å². The van der Waals surface area contributed by atoms with Crippen molar-refractivity contribution in [3.63, 3.8) is 0 Å². The van der Waals surface area contributed by atoms with Gasteiger partial charge in [0.1, 0.15) is 0 Å². The van der Waals surface area contributed by atoms with Crippen LogP contribution in [0.4, 0.5) is 0 Å². The van der Waals surface area contributed by atoms with Crippen molar-refractivity contribution < 1.29 is 0 Å². The number of rotatable bonds is 3. The Morgan fingerprint density at radius 1 is 0.333 bits per heavy atom. The molecule has 0 N–H and O–H groups in total. The molecular weight excluding hydrogens is 250 g/mol. The lowest BCUT2D eigenvalue weighted by Gasteiger charge is -1.68. The number of hydrogen-bond donors (Lipinski definition) is 0. The van der Waals surface area contributed by atoms with Crippen LogP contribution in [0.15, 0.2) is 0 Å². The maximum Gasteiger partial charge on any atom is -0.0564 e. The quantitative estimate of drug-likeness (QED) is 0.541. The summed E-state index contributed by atoms with van der Waals surface area (Å²) >= 11 is 0. The van der Waals surface area contributed by atoms with Crippen molar-refractivity contribution in [3.8, 4) is 0 Å². The molecule has 0 saturated carbocycles. The van der Waals surface area contributed by atoms with Crippen molar-refractivity contribution in [1.29, 1.82) is 0 Å². The van der Waals surface area contributed by atoms with Crippen LogP contribution in [0.2, 0.25) is 0 Å². The predicted molar refractivity (Wildman–Crippen MR) is 83.5 cm³/mol. The molecule has 0 aromatic rings. The van der Waals surface area contributed by atoms with Gasteiger partial charge < -0.3 is 0 Å². The smallest absolute Gasteiger partial charge is 0.0564 e. The first-order chi connectivity index (χ1) is 5.74. The summed E-state index contributed by atoms with van der Waals surface area (Å²) in [4.78, 5) is 0. The van der Waals surface area contributed by atoms with Gasteiger partial charge in [-0.2, -0.15) is 0 Å². The molecule has 0 fully saturated rings. The Morgan fingerprint density at radius 2 is 0.400 bits per heavy atom. The summed E-state index contributed by atoms with van der Waals surface area (Å²) in [7, 11) is 0. The summed E-state index contributed by atoms with van der Waals surface area (Å²) in [5, 5.41) is 0. The van der Waals surface area contributed by atoms with Gasteiger partial charge >= 0.3 is 0 Å². The van der Waals surface area contributed by atoms with Crippen molar-refractivity contribution in [2.24, 2.45) is 0 Å². The molecule has 0 amide bonds. The van der Waals surface area contributed by atoms with Gasteiger partial charge in [0.25, 0.3) is 0 Å². The van der Waals surface area contributed by atoms with Crippen molar-refractivity contribution in [3.05, 3.63) is 0 Å². The highest BCUT2D eigenvalue weighted by atomic mass is 35.5. The zero-order valence-corrected chi connectivity index (χ0v) is 13.9. The third-order valence-corrected chi connectivity index (χ3v) is 1.50. The Labute approximate surface area is 117 Å². The molecule has 0 spiro atoms. The lowest BCUT2D eigenvalue weighted by molar-refractivity contribution is 0.886. The van der Waals surface area contributed by atoms with Crippen molar-refractivity contribution >= 4 is 37.2 Å². The molecule has 0 nitrogen and oxygen atoms in total. The van der Waals surface area contributed by atoms with E-state index in [0.717, 1.165) is 0 Å². The van der Waals surface area contributed by atoms with Gasteiger partial charge in [0.2, 0.25) is 0 Å². The molecule has 0 rings (SSSR count). The van der Waals surface area contributed by atoms with Gasteiger partial charge in [-0.1, -0.05) is 80.1 Å². The highest BCUT2D eigenvalue weighted by Gasteiger charge is 1.57. The summed E-state index contributed by atoms with van der Waals surface area (Å²) in [5.74, 6) is 0. The Morgan fingerprint density at radius 3 is 0.400 bits per heavy atom. The molecule has 0 bridgehead atoms. The van der Waals surface area contributed by atoms with Gasteiger partial charge in [0, 0.05) is 0 Å². The van der Waals surface area contributed by atoms with E-state index in [1.54, 1.807) is 0 Å². The zero-order valence-electron chi connectivity index (χ0n) is 11.5. The van der Waals surface area contributed by atoms with Crippen LogP contribution in [0.1, 0.15) is 80.1 Å². The van der Waals surface area contributed by atoms with Crippen LogP contribution < -0.4 is 0 Å². The maximum atomic E-state index is 2.18. The van der Waals surface area contributed by atoms with Crippen LogP contribution in [0.3, 0.4) is 0 Å². The van der Waals surface area contributed by atoms with E-state index in [2.05, 4.69) is 41.5 Å². The van der Waals surface area contributed by atoms with E-state index >= 15 is 0 Å². The molecule has 102 valence electrons. The molecule has 0 aromatic carbocycles. The first-order valence-corrected chi connectivity index (χ1v) is 5.74. The lowest BCUT2D eigenvalue weighted by atomic mass is 10.4. The van der Waals surface area contributed by atoms with Crippen molar-refractivity contribution in [1.82, 2.24) is 0 Å². The van der Waals surface area contributed by atoms with Gasteiger partial charge in [0.05, 0.1) is 0 Å². The standard InChI is InChI=1S/3C4H10.3ClH/c3*1-3-4-2;;;/h3*3-4H2,1-2H3;3*1H. The van der Waals surface area contributed by atoms with Gasteiger partial charge in [-0.05, 0) is 0 Å². The summed E-state index contributed by atoms with van der Waals surface area (Å²) in [6, 6.07) is 0. The average molecular weight is 284 g/mol. The second-order valence-electron chi connectivity index (χ2n) is 3.00. The van der Waals surface area contributed by atoms with Crippen LogP contribution in [0.5, 0.6) is 0 Å². The van der Waals surface area contributed by atoms with E-state index in [-0.39, 0.29) is 37.2 Å². The molecule has 0 unspecified atom stereocenters. The SMILES string of the molecule is CCCC.CCCC.CCCC.Cl.Cl.Cl. The number of halogens is 3. The first kappa shape index (κ1) is 36.0. The molecule has 0 aliphatic carbocycles. The molecule has 15 heavy (non-hydrogen) atoms. The summed E-state index contributed by atoms with van der Waals surface area (Å²) < 4.78 is 0. The van der Waals surface area contributed by atoms with Crippen LogP contribution in [-0.2, 0) is 0 Å². The van der Waals surface area contributed by atoms with E-state index < -0.39 is 0 Å². The second-order valence-corrected chi connectivity index (χ2v) is 3.00. The van der Waals surface area contributed by atoms with Crippen molar-refractivity contribution in [2.75, 3.05) is 0 Å². The van der Waals surface area contributed by atoms with E-state index in [9.17, 15) is 0 Å². The van der Waals surface area contributed by atoms with Gasteiger partial charge in [-0.15, -0.1) is 37.2 Å². The minimum absolute atomic E-state index is 0. The monoisotopic (exact) mass is 282 g/mol. The zero-order chi connectivity index (χ0) is 10.2. The third kappa shape index (κ3) is 164. The predicted octanol–water partition coefficient (Wildman–Crippen LogP) is 6.68. The van der Waals surface area contributed by atoms with Crippen LogP contribution in [-0.4, -0.2) is 0 Å². The van der Waals surface area contributed by atoms with E-state index in [0.29, 0.717) is 0 Å². The molecule has 0 heterocycles. The van der Waals surface area contributed by atoms with E-state index in [4.69, 9.17) is 0 Å². The summed E-state index contributed by atoms with van der Waals surface area (Å²) in [6.45, 7) is 13.1. The van der Waals surface area contributed by atoms with Gasteiger partial charge in [0.15, 0.2) is 0 Å². The molecule has 0 aliphatic rings. The molecule has 0 aromatic heterocycles. The molecule has 0 radical (unpaired) electrons. The van der Waals surface area contributed by atoms with Gasteiger partial charge in [-0.25, -0.2) is 0 Å². The van der Waals surface area contributed by atoms with Crippen LogP contribution in [0, 0.1) is 0 Å². The minimum atomic E-state index is 0.